The molecule has 0 saturated carbocycles. The van der Waals surface area contributed by atoms with Gasteiger partial charge >= 0.3 is 17.9 Å². The monoisotopic (exact) mass is 835 g/mol. The highest BCUT2D eigenvalue weighted by Gasteiger charge is 2.19. The number of esters is 3. The van der Waals surface area contributed by atoms with Crippen molar-refractivity contribution in [3.8, 4) is 0 Å². The highest BCUT2D eigenvalue weighted by molar-refractivity contribution is 5.71. The highest BCUT2D eigenvalue weighted by atomic mass is 16.6. The number of carbonyl (C=O) groups excluding carboxylic acids is 3. The number of carbonyl (C=O) groups is 3. The quantitative estimate of drug-likeness (QED) is 0.0263. The van der Waals surface area contributed by atoms with Crippen molar-refractivity contribution in [3.05, 3.63) is 85.1 Å². The summed E-state index contributed by atoms with van der Waals surface area (Å²) in [5.74, 6) is -0.953. The van der Waals surface area contributed by atoms with E-state index in [2.05, 4.69) is 106 Å². The number of hydrogen-bond donors (Lipinski definition) is 0. The molecule has 0 aromatic heterocycles. The van der Waals surface area contributed by atoms with Crippen molar-refractivity contribution in [2.24, 2.45) is 0 Å². The van der Waals surface area contributed by atoms with Crippen molar-refractivity contribution in [3.63, 3.8) is 0 Å². The molecule has 60 heavy (non-hydrogen) atoms. The molecule has 0 radical (unpaired) electrons. The Kier molecular flexibility index (Phi) is 45.5. The first-order valence-corrected chi connectivity index (χ1v) is 24.6. The molecule has 0 N–H and O–H groups in total. The van der Waals surface area contributed by atoms with Crippen LogP contribution >= 0.6 is 0 Å². The van der Waals surface area contributed by atoms with E-state index in [0.29, 0.717) is 19.3 Å². The van der Waals surface area contributed by atoms with Crippen LogP contribution in [0.15, 0.2) is 85.1 Å². The molecule has 0 fully saturated rings. The fraction of sp³-hybridized carbons (Fsp3) is 0.685. The van der Waals surface area contributed by atoms with Crippen LogP contribution in [0.2, 0.25) is 0 Å². The van der Waals surface area contributed by atoms with Gasteiger partial charge in [-0.05, 0) is 89.9 Å². The van der Waals surface area contributed by atoms with Gasteiger partial charge in [0.1, 0.15) is 13.2 Å². The number of unbranched alkanes of at least 4 members (excludes halogenated alkanes) is 18. The number of ether oxygens (including phenoxy) is 3. The SMILES string of the molecule is CC/C=C\C/C=C\C/C=C\C/C=C\CCCCCC(=O)OCC(COC(=O)CCCCCCCCCCCCCC)OC(=O)CCCCCC/C=C\C/C=C\C/C=C\CC. The van der Waals surface area contributed by atoms with Gasteiger partial charge in [0.15, 0.2) is 6.10 Å². The van der Waals surface area contributed by atoms with Crippen molar-refractivity contribution in [1.29, 1.82) is 0 Å². The number of hydrogen-bond acceptors (Lipinski definition) is 6. The molecule has 6 nitrogen and oxygen atoms in total. The third-order valence-electron chi connectivity index (χ3n) is 10.1. The van der Waals surface area contributed by atoms with Gasteiger partial charge in [0.2, 0.25) is 0 Å². The van der Waals surface area contributed by atoms with Crippen LogP contribution in [0.5, 0.6) is 0 Å². The molecule has 0 aromatic carbocycles. The maximum absolute atomic E-state index is 12.8. The second-order valence-corrected chi connectivity index (χ2v) is 16.0. The molecule has 0 aromatic rings. The zero-order valence-electron chi connectivity index (χ0n) is 38.9. The maximum atomic E-state index is 12.8. The Morgan fingerprint density at radius 1 is 0.350 bits per heavy atom. The Labute approximate surface area is 369 Å². The number of allylic oxidation sites excluding steroid dienone is 14. The van der Waals surface area contributed by atoms with Crippen molar-refractivity contribution < 1.29 is 28.6 Å². The van der Waals surface area contributed by atoms with E-state index in [-0.39, 0.29) is 31.1 Å². The van der Waals surface area contributed by atoms with Crippen LogP contribution in [0, 0.1) is 0 Å². The molecule has 0 aliphatic carbocycles. The van der Waals surface area contributed by atoms with Crippen molar-refractivity contribution in [2.75, 3.05) is 13.2 Å². The molecule has 0 amide bonds. The molecule has 0 rings (SSSR count). The fourth-order valence-electron chi connectivity index (χ4n) is 6.50. The van der Waals surface area contributed by atoms with E-state index in [9.17, 15) is 14.4 Å². The van der Waals surface area contributed by atoms with Crippen molar-refractivity contribution >= 4 is 17.9 Å². The van der Waals surface area contributed by atoms with Crippen LogP contribution in [0.4, 0.5) is 0 Å². The van der Waals surface area contributed by atoms with Crippen LogP contribution in [-0.2, 0) is 28.6 Å². The van der Waals surface area contributed by atoms with Crippen LogP contribution in [0.3, 0.4) is 0 Å². The van der Waals surface area contributed by atoms with Gasteiger partial charge in [0, 0.05) is 19.3 Å². The van der Waals surface area contributed by atoms with E-state index in [0.717, 1.165) is 122 Å². The molecule has 0 saturated heterocycles. The summed E-state index contributed by atoms with van der Waals surface area (Å²) >= 11 is 0. The molecule has 0 heterocycles. The molecule has 0 bridgehead atoms. The summed E-state index contributed by atoms with van der Waals surface area (Å²) in [6.45, 7) is 6.35. The second-order valence-electron chi connectivity index (χ2n) is 16.0. The summed E-state index contributed by atoms with van der Waals surface area (Å²) in [5, 5.41) is 0. The first-order chi connectivity index (χ1) is 29.5. The average Bonchev–Trinajstić information content (AvgIpc) is 3.24. The molecule has 1 atom stereocenters. The molecule has 6 heteroatoms. The largest absolute Gasteiger partial charge is 0.462 e. The van der Waals surface area contributed by atoms with Gasteiger partial charge in [0.05, 0.1) is 0 Å². The van der Waals surface area contributed by atoms with Gasteiger partial charge < -0.3 is 14.2 Å². The standard InChI is InChI=1S/C54H90O6/c1-4-7-10-13-16-19-22-25-27-28-30-32-35-38-41-44-47-53(56)59-50-51(49-58-52(55)46-43-40-37-34-31-24-21-18-15-12-9-6-3)60-54(57)48-45-42-39-36-33-29-26-23-20-17-14-11-8-5-2/h7-8,10-11,16-17,19-20,25-27,29-30,32,51H,4-6,9,12-15,18,21-24,28,31,33-50H2,1-3H3/b10-7-,11-8-,19-16-,20-17-,27-25-,29-26-,32-30-. The summed E-state index contributed by atoms with van der Waals surface area (Å²) < 4.78 is 16.7. The van der Waals surface area contributed by atoms with Crippen LogP contribution in [0.25, 0.3) is 0 Å². The molecule has 0 spiro atoms. The average molecular weight is 835 g/mol. The Morgan fingerprint density at radius 3 is 1.03 bits per heavy atom. The molecule has 0 aliphatic rings. The second kappa shape index (κ2) is 48.3. The topological polar surface area (TPSA) is 78.9 Å². The first kappa shape index (κ1) is 56.6. The summed E-state index contributed by atoms with van der Waals surface area (Å²) in [5.41, 5.74) is 0. The lowest BCUT2D eigenvalue weighted by atomic mass is 10.0. The van der Waals surface area contributed by atoms with E-state index in [4.69, 9.17) is 14.2 Å². The normalized spacial score (nSPS) is 12.8. The Balaban J connectivity index is 4.48. The van der Waals surface area contributed by atoms with E-state index < -0.39 is 6.10 Å². The van der Waals surface area contributed by atoms with Gasteiger partial charge in [-0.1, -0.05) is 196 Å². The van der Waals surface area contributed by atoms with E-state index in [1.165, 1.54) is 57.8 Å². The predicted molar refractivity (Wildman–Crippen MR) is 256 cm³/mol. The summed E-state index contributed by atoms with van der Waals surface area (Å²) in [7, 11) is 0. The molecule has 1 unspecified atom stereocenters. The molecular formula is C54H90O6. The highest BCUT2D eigenvalue weighted by Crippen LogP contribution is 2.14. The summed E-state index contributed by atoms with van der Waals surface area (Å²) in [6.07, 6.45) is 61.3. The minimum atomic E-state index is -0.799. The lowest BCUT2D eigenvalue weighted by Crippen LogP contribution is -2.30. The van der Waals surface area contributed by atoms with E-state index in [1.54, 1.807) is 0 Å². The van der Waals surface area contributed by atoms with Crippen molar-refractivity contribution in [1.82, 2.24) is 0 Å². The van der Waals surface area contributed by atoms with Gasteiger partial charge in [-0.3, -0.25) is 14.4 Å². The zero-order chi connectivity index (χ0) is 43.7. The maximum Gasteiger partial charge on any atom is 0.306 e. The lowest BCUT2D eigenvalue weighted by Gasteiger charge is -2.18. The van der Waals surface area contributed by atoms with Gasteiger partial charge in [-0.15, -0.1) is 0 Å². The van der Waals surface area contributed by atoms with E-state index in [1.807, 2.05) is 0 Å². The first-order valence-electron chi connectivity index (χ1n) is 24.6. The fourth-order valence-corrected chi connectivity index (χ4v) is 6.50. The Hall–Kier alpha value is -3.41. The zero-order valence-corrected chi connectivity index (χ0v) is 38.9. The minimum Gasteiger partial charge on any atom is -0.462 e. The smallest absolute Gasteiger partial charge is 0.306 e. The third kappa shape index (κ3) is 45.7. The van der Waals surface area contributed by atoms with E-state index >= 15 is 0 Å². The molecule has 0 aliphatic heterocycles. The predicted octanol–water partition coefficient (Wildman–Crippen LogP) is 16.0. The summed E-state index contributed by atoms with van der Waals surface area (Å²) in [6, 6.07) is 0. The van der Waals surface area contributed by atoms with Crippen LogP contribution in [-0.4, -0.2) is 37.2 Å². The minimum absolute atomic E-state index is 0.0953. The van der Waals surface area contributed by atoms with Gasteiger partial charge in [0.25, 0.3) is 0 Å². The van der Waals surface area contributed by atoms with Gasteiger partial charge in [-0.2, -0.15) is 0 Å². The Bertz CT molecular complexity index is 1190. The lowest BCUT2D eigenvalue weighted by molar-refractivity contribution is -0.167. The van der Waals surface area contributed by atoms with Crippen LogP contribution < -0.4 is 0 Å². The molecular weight excluding hydrogens is 745 g/mol. The number of rotatable bonds is 43. The van der Waals surface area contributed by atoms with Gasteiger partial charge in [-0.25, -0.2) is 0 Å². The third-order valence-corrected chi connectivity index (χ3v) is 10.1. The molecule has 342 valence electrons. The summed E-state index contributed by atoms with van der Waals surface area (Å²) in [4.78, 5) is 37.9. The Morgan fingerprint density at radius 2 is 0.650 bits per heavy atom. The van der Waals surface area contributed by atoms with Crippen molar-refractivity contribution in [2.45, 2.75) is 226 Å². The van der Waals surface area contributed by atoms with Crippen LogP contribution in [0.1, 0.15) is 220 Å².